The highest BCUT2D eigenvalue weighted by atomic mass is 32.2. The van der Waals surface area contributed by atoms with Crippen molar-refractivity contribution in [3.05, 3.63) is 29.6 Å². The van der Waals surface area contributed by atoms with Gasteiger partial charge in [-0.25, -0.2) is 12.8 Å². The fourth-order valence-corrected chi connectivity index (χ4v) is 4.09. The highest BCUT2D eigenvalue weighted by Crippen LogP contribution is 2.34. The Hall–Kier alpha value is -1.68. The summed E-state index contributed by atoms with van der Waals surface area (Å²) >= 11 is 0. The molecule has 1 fully saturated rings. The molecule has 2 rings (SSSR count). The largest absolute Gasteiger partial charge is 0.419 e. The predicted molar refractivity (Wildman–Crippen MR) is 77.0 cm³/mol. The number of benzene rings is 1. The first-order valence-corrected chi connectivity index (χ1v) is 8.60. The molecule has 0 saturated carbocycles. The van der Waals surface area contributed by atoms with Crippen molar-refractivity contribution in [2.24, 2.45) is 5.92 Å². The Kier molecular flexibility index (Phi) is 5.19. The van der Waals surface area contributed by atoms with E-state index >= 15 is 0 Å². The zero-order chi connectivity index (χ0) is 18.1. The van der Waals surface area contributed by atoms with Crippen LogP contribution in [0.1, 0.15) is 18.4 Å². The summed E-state index contributed by atoms with van der Waals surface area (Å²) in [5.74, 6) is -2.06. The van der Waals surface area contributed by atoms with Gasteiger partial charge in [0.25, 0.3) is 0 Å². The molecule has 0 radical (unpaired) electrons. The van der Waals surface area contributed by atoms with Crippen LogP contribution in [0.15, 0.2) is 23.1 Å². The van der Waals surface area contributed by atoms with Crippen molar-refractivity contribution in [3.63, 3.8) is 0 Å². The Labute approximate surface area is 136 Å². The first-order chi connectivity index (χ1) is 11.1. The lowest BCUT2D eigenvalue weighted by atomic mass is 9.97. The van der Waals surface area contributed by atoms with E-state index in [0.717, 1.165) is 10.4 Å². The molecule has 0 bridgehead atoms. The molecule has 1 aliphatic rings. The third kappa shape index (κ3) is 3.69. The number of carbonyl (C=O) groups excluding carboxylic acids is 1. The van der Waals surface area contributed by atoms with E-state index in [9.17, 15) is 30.8 Å². The smallest absolute Gasteiger partial charge is 0.359 e. The second kappa shape index (κ2) is 6.67. The van der Waals surface area contributed by atoms with Crippen molar-refractivity contribution in [1.82, 2.24) is 9.62 Å². The summed E-state index contributed by atoms with van der Waals surface area (Å²) in [4.78, 5) is 10.9. The third-order valence-electron chi connectivity index (χ3n) is 3.95. The van der Waals surface area contributed by atoms with Gasteiger partial charge in [0.15, 0.2) is 0 Å². The van der Waals surface area contributed by atoms with Crippen molar-refractivity contribution >= 4 is 15.9 Å². The van der Waals surface area contributed by atoms with Crippen LogP contribution in [0.25, 0.3) is 0 Å². The van der Waals surface area contributed by atoms with E-state index in [1.54, 1.807) is 0 Å². The lowest BCUT2D eigenvalue weighted by Gasteiger charge is -2.30. The first kappa shape index (κ1) is 18.7. The number of rotatable bonds is 3. The van der Waals surface area contributed by atoms with Crippen molar-refractivity contribution in [1.29, 1.82) is 0 Å². The summed E-state index contributed by atoms with van der Waals surface area (Å²) in [6.07, 6.45) is -4.44. The molecule has 1 saturated heterocycles. The van der Waals surface area contributed by atoms with E-state index in [-0.39, 0.29) is 37.8 Å². The fraction of sp³-hybridized carbons (Fsp3) is 0.500. The molecule has 1 N–H and O–H groups in total. The number of hydrogen-bond donors (Lipinski definition) is 1. The van der Waals surface area contributed by atoms with E-state index in [2.05, 4.69) is 5.32 Å². The highest BCUT2D eigenvalue weighted by Gasteiger charge is 2.37. The Bertz CT molecular complexity index is 726. The minimum atomic E-state index is -4.98. The van der Waals surface area contributed by atoms with Gasteiger partial charge in [0.2, 0.25) is 15.9 Å². The predicted octanol–water partition coefficient (Wildman–Crippen LogP) is 1.99. The minimum Gasteiger partial charge on any atom is -0.359 e. The average Bonchev–Trinajstić information content (AvgIpc) is 2.53. The summed E-state index contributed by atoms with van der Waals surface area (Å²) in [6, 6.07) is 1.60. The molecule has 1 aromatic carbocycles. The number of alkyl halides is 3. The second-order valence-electron chi connectivity index (χ2n) is 5.43. The van der Waals surface area contributed by atoms with E-state index in [0.29, 0.717) is 12.1 Å². The van der Waals surface area contributed by atoms with Gasteiger partial charge in [-0.3, -0.25) is 4.79 Å². The SMILES string of the molecule is CNC(=O)C1CCN(S(=O)(=O)c2ccc(F)c(C(F)(F)F)c2)CC1. The van der Waals surface area contributed by atoms with Gasteiger partial charge < -0.3 is 5.32 Å². The molecule has 1 aliphatic heterocycles. The van der Waals surface area contributed by atoms with Crippen molar-refractivity contribution in [3.8, 4) is 0 Å². The normalized spacial score (nSPS) is 17.7. The van der Waals surface area contributed by atoms with Gasteiger partial charge in [-0.15, -0.1) is 0 Å². The number of hydrogen-bond acceptors (Lipinski definition) is 3. The standard InChI is InChI=1S/C14H16F4N2O3S/c1-19-13(21)9-4-6-20(7-5-9)24(22,23)10-2-3-12(15)11(8-10)14(16,17)18/h2-3,8-9H,4-7H2,1H3,(H,19,21). The highest BCUT2D eigenvalue weighted by molar-refractivity contribution is 7.89. The molecule has 24 heavy (non-hydrogen) atoms. The van der Waals surface area contributed by atoms with Gasteiger partial charge in [-0.2, -0.15) is 17.5 Å². The van der Waals surface area contributed by atoms with Crippen LogP contribution < -0.4 is 5.32 Å². The van der Waals surface area contributed by atoms with Crippen LogP contribution in [0.2, 0.25) is 0 Å². The van der Waals surface area contributed by atoms with E-state index in [1.165, 1.54) is 7.05 Å². The van der Waals surface area contributed by atoms with E-state index in [1.807, 2.05) is 0 Å². The Morgan fingerprint density at radius 2 is 1.83 bits per heavy atom. The van der Waals surface area contributed by atoms with Crippen molar-refractivity contribution < 1.29 is 30.8 Å². The monoisotopic (exact) mass is 368 g/mol. The van der Waals surface area contributed by atoms with Crippen molar-refractivity contribution in [2.75, 3.05) is 20.1 Å². The molecule has 10 heteroatoms. The Morgan fingerprint density at radius 3 is 2.33 bits per heavy atom. The summed E-state index contributed by atoms with van der Waals surface area (Å²) in [5, 5.41) is 2.48. The Morgan fingerprint density at radius 1 is 1.25 bits per heavy atom. The fourth-order valence-electron chi connectivity index (χ4n) is 2.59. The summed E-state index contributed by atoms with van der Waals surface area (Å²) in [6.45, 7) is 0.0261. The van der Waals surface area contributed by atoms with Crippen LogP contribution >= 0.6 is 0 Å². The van der Waals surface area contributed by atoms with Crippen LogP contribution in [0.5, 0.6) is 0 Å². The van der Waals surface area contributed by atoms with Gasteiger partial charge in [0.05, 0.1) is 10.5 Å². The molecule has 134 valence electrons. The maximum absolute atomic E-state index is 13.3. The van der Waals surface area contributed by atoms with Gasteiger partial charge in [-0.05, 0) is 31.0 Å². The van der Waals surface area contributed by atoms with Crippen LogP contribution in [-0.4, -0.2) is 38.8 Å². The quantitative estimate of drug-likeness (QED) is 0.830. The van der Waals surface area contributed by atoms with Gasteiger partial charge in [0, 0.05) is 26.1 Å². The zero-order valence-corrected chi connectivity index (χ0v) is 13.5. The van der Waals surface area contributed by atoms with Gasteiger partial charge >= 0.3 is 6.18 Å². The molecular formula is C14H16F4N2O3S. The number of nitrogens with one attached hydrogen (secondary N) is 1. The number of halogens is 4. The number of carbonyl (C=O) groups is 1. The number of nitrogens with zero attached hydrogens (tertiary/aromatic N) is 1. The lowest BCUT2D eigenvalue weighted by molar-refractivity contribution is -0.140. The van der Waals surface area contributed by atoms with Crippen LogP contribution in [0.4, 0.5) is 17.6 Å². The molecular weight excluding hydrogens is 352 g/mol. The molecule has 1 heterocycles. The molecule has 0 aliphatic carbocycles. The number of sulfonamides is 1. The van der Waals surface area contributed by atoms with Crippen LogP contribution in [0.3, 0.4) is 0 Å². The topological polar surface area (TPSA) is 66.5 Å². The minimum absolute atomic E-state index is 0.0130. The van der Waals surface area contributed by atoms with Crippen LogP contribution in [-0.2, 0) is 21.0 Å². The maximum Gasteiger partial charge on any atom is 0.419 e. The van der Waals surface area contributed by atoms with Crippen molar-refractivity contribution in [2.45, 2.75) is 23.9 Å². The Balaban J connectivity index is 2.25. The second-order valence-corrected chi connectivity index (χ2v) is 7.37. The molecule has 0 aromatic heterocycles. The van der Waals surface area contributed by atoms with E-state index in [4.69, 9.17) is 0 Å². The summed E-state index contributed by atoms with van der Waals surface area (Å²) in [5.41, 5.74) is -1.62. The molecule has 0 unspecified atom stereocenters. The van der Waals surface area contributed by atoms with Gasteiger partial charge in [-0.1, -0.05) is 0 Å². The zero-order valence-electron chi connectivity index (χ0n) is 12.7. The van der Waals surface area contributed by atoms with Crippen LogP contribution in [0, 0.1) is 11.7 Å². The average molecular weight is 368 g/mol. The first-order valence-electron chi connectivity index (χ1n) is 7.16. The maximum atomic E-state index is 13.3. The van der Waals surface area contributed by atoms with E-state index < -0.39 is 32.5 Å². The number of piperidine rings is 1. The lowest BCUT2D eigenvalue weighted by Crippen LogP contribution is -2.42. The molecule has 1 amide bonds. The molecule has 1 aromatic rings. The molecule has 0 atom stereocenters. The molecule has 5 nitrogen and oxygen atoms in total. The summed E-state index contributed by atoms with van der Waals surface area (Å²) < 4.78 is 77.5. The third-order valence-corrected chi connectivity index (χ3v) is 5.85. The number of amides is 1. The molecule has 0 spiro atoms. The summed E-state index contributed by atoms with van der Waals surface area (Å²) in [7, 11) is -2.71. The van der Waals surface area contributed by atoms with Gasteiger partial charge in [0.1, 0.15) is 5.82 Å².